The van der Waals surface area contributed by atoms with Crippen LogP contribution in [0.25, 0.3) is 0 Å². The second kappa shape index (κ2) is 15.5. The van der Waals surface area contributed by atoms with Gasteiger partial charge in [0.15, 0.2) is 6.17 Å². The van der Waals surface area contributed by atoms with Crippen LogP contribution in [-0.2, 0) is 16.0 Å². The van der Waals surface area contributed by atoms with Crippen molar-refractivity contribution < 1.29 is 32.6 Å². The molecule has 2 aromatic rings. The molecule has 0 heterocycles. The van der Waals surface area contributed by atoms with E-state index in [1.807, 2.05) is 26.0 Å². The average molecular weight is 531 g/mol. The van der Waals surface area contributed by atoms with Crippen LogP contribution in [0, 0.1) is 11.7 Å². The minimum atomic E-state index is -1.51. The lowest BCUT2D eigenvalue weighted by Gasteiger charge is -2.28. The van der Waals surface area contributed by atoms with Gasteiger partial charge < -0.3 is 14.2 Å². The van der Waals surface area contributed by atoms with Crippen molar-refractivity contribution in [1.82, 2.24) is 0 Å². The van der Waals surface area contributed by atoms with Gasteiger partial charge in [-0.1, -0.05) is 45.2 Å². The zero-order valence-electron chi connectivity index (χ0n) is 22.6. The lowest BCUT2D eigenvalue weighted by Crippen LogP contribution is -2.29. The first-order valence-electron chi connectivity index (χ1n) is 14.0. The number of alkyl halides is 1. The molecular formula is C31H40F2O5. The van der Waals surface area contributed by atoms with Gasteiger partial charge in [0, 0.05) is 6.07 Å². The summed E-state index contributed by atoms with van der Waals surface area (Å²) in [6.07, 6.45) is 7.27. The number of aryl methyl sites for hydroxylation is 1. The van der Waals surface area contributed by atoms with Crippen molar-refractivity contribution in [3.05, 3.63) is 59.4 Å². The van der Waals surface area contributed by atoms with Gasteiger partial charge in [0.1, 0.15) is 23.4 Å². The summed E-state index contributed by atoms with van der Waals surface area (Å²) in [7, 11) is 0. The summed E-state index contributed by atoms with van der Waals surface area (Å²) >= 11 is 0. The highest BCUT2D eigenvalue weighted by Gasteiger charge is 2.27. The molecule has 1 aliphatic rings. The molecule has 0 aliphatic heterocycles. The van der Waals surface area contributed by atoms with Gasteiger partial charge in [-0.05, 0) is 87.1 Å². The summed E-state index contributed by atoms with van der Waals surface area (Å²) in [5, 5.41) is 0. The van der Waals surface area contributed by atoms with Crippen molar-refractivity contribution in [3.8, 4) is 11.5 Å². The molecule has 7 heteroatoms. The van der Waals surface area contributed by atoms with Crippen LogP contribution in [0.15, 0.2) is 42.5 Å². The summed E-state index contributed by atoms with van der Waals surface area (Å²) in [5.74, 6) is -0.862. The van der Waals surface area contributed by atoms with E-state index in [1.54, 1.807) is 18.2 Å². The molecule has 0 radical (unpaired) electrons. The summed E-state index contributed by atoms with van der Waals surface area (Å²) in [5.41, 5.74) is 0.982. The Morgan fingerprint density at radius 3 is 2.29 bits per heavy atom. The molecule has 38 heavy (non-hydrogen) atoms. The summed E-state index contributed by atoms with van der Waals surface area (Å²) in [4.78, 5) is 24.4. The Morgan fingerprint density at radius 2 is 1.63 bits per heavy atom. The van der Waals surface area contributed by atoms with Gasteiger partial charge >= 0.3 is 11.9 Å². The van der Waals surface area contributed by atoms with Crippen LogP contribution in [0.1, 0.15) is 94.0 Å². The van der Waals surface area contributed by atoms with Crippen LogP contribution in [0.5, 0.6) is 11.5 Å². The maximum atomic E-state index is 14.4. The highest BCUT2D eigenvalue weighted by molar-refractivity contribution is 5.91. The van der Waals surface area contributed by atoms with Crippen molar-refractivity contribution in [2.45, 2.75) is 96.8 Å². The van der Waals surface area contributed by atoms with Gasteiger partial charge in [0.25, 0.3) is 0 Å². The molecule has 5 nitrogen and oxygen atoms in total. The SMILES string of the molecule is CCCCOc1ccc(C(=O)Oc2ccc(CC[C@H]3CC[C@H](OC(=O)[C@@H](F)CCCC)CC3)cc2)c(F)c1. The third-order valence-electron chi connectivity index (χ3n) is 7.05. The van der Waals surface area contributed by atoms with E-state index in [4.69, 9.17) is 14.2 Å². The molecule has 0 aromatic heterocycles. The Hall–Kier alpha value is -2.96. The Bertz CT molecular complexity index is 1020. The first kappa shape index (κ1) is 29.6. The maximum Gasteiger partial charge on any atom is 0.346 e. The number of hydrogen-bond donors (Lipinski definition) is 0. The number of carbonyl (C=O) groups excluding carboxylic acids is 2. The minimum Gasteiger partial charge on any atom is -0.493 e. The fourth-order valence-corrected chi connectivity index (χ4v) is 4.62. The zero-order chi connectivity index (χ0) is 27.3. The third-order valence-corrected chi connectivity index (χ3v) is 7.05. The molecule has 0 saturated heterocycles. The second-order valence-corrected chi connectivity index (χ2v) is 10.1. The normalized spacial score (nSPS) is 18.0. The molecule has 0 amide bonds. The first-order valence-corrected chi connectivity index (χ1v) is 14.0. The number of hydrogen-bond acceptors (Lipinski definition) is 5. The van der Waals surface area contributed by atoms with Crippen molar-refractivity contribution in [3.63, 3.8) is 0 Å². The standard InChI is InChI=1S/C31H40F2O5/c1-3-5-7-28(32)31(35)38-25-16-12-23(13-17-25)9-8-22-10-14-24(15-11-22)37-30(34)27-19-18-26(21-29(27)33)36-20-6-4-2/h10-11,14-15,18-19,21,23,25,28H,3-9,12-13,16-17,20H2,1-2H3/t23-,25-,28-/m0/s1. The van der Waals surface area contributed by atoms with Crippen LogP contribution in [-0.4, -0.2) is 30.8 Å². The Morgan fingerprint density at radius 1 is 0.947 bits per heavy atom. The number of carbonyl (C=O) groups is 2. The van der Waals surface area contributed by atoms with E-state index >= 15 is 0 Å². The van der Waals surface area contributed by atoms with Crippen LogP contribution in [0.4, 0.5) is 8.78 Å². The topological polar surface area (TPSA) is 61.8 Å². The molecule has 1 saturated carbocycles. The number of benzene rings is 2. The summed E-state index contributed by atoms with van der Waals surface area (Å²) in [6.45, 7) is 4.52. The van der Waals surface area contributed by atoms with Crippen molar-refractivity contribution in [2.75, 3.05) is 6.61 Å². The molecule has 0 N–H and O–H groups in total. The van der Waals surface area contributed by atoms with Crippen molar-refractivity contribution in [2.24, 2.45) is 5.92 Å². The molecule has 1 fully saturated rings. The molecular weight excluding hydrogens is 490 g/mol. The predicted molar refractivity (Wildman–Crippen MR) is 143 cm³/mol. The van der Waals surface area contributed by atoms with Gasteiger partial charge in [-0.25, -0.2) is 18.4 Å². The second-order valence-electron chi connectivity index (χ2n) is 10.1. The molecule has 3 rings (SSSR count). The highest BCUT2D eigenvalue weighted by atomic mass is 19.1. The molecule has 1 aliphatic carbocycles. The van der Waals surface area contributed by atoms with Crippen LogP contribution >= 0.6 is 0 Å². The Balaban J connectivity index is 1.39. The minimum absolute atomic E-state index is 0.138. The van der Waals surface area contributed by atoms with E-state index in [1.165, 1.54) is 12.1 Å². The van der Waals surface area contributed by atoms with Crippen LogP contribution in [0.3, 0.4) is 0 Å². The predicted octanol–water partition coefficient (Wildman–Crippen LogP) is 7.79. The number of ether oxygens (including phenoxy) is 3. The molecule has 1 atom stereocenters. The molecule has 2 aromatic carbocycles. The summed E-state index contributed by atoms with van der Waals surface area (Å²) in [6, 6.07) is 11.4. The quantitative estimate of drug-likeness (QED) is 0.142. The fraction of sp³-hybridized carbons (Fsp3) is 0.548. The number of halogens is 2. The third kappa shape index (κ3) is 9.41. The number of rotatable bonds is 14. The highest BCUT2D eigenvalue weighted by Crippen LogP contribution is 2.30. The molecule has 0 spiro atoms. The summed E-state index contributed by atoms with van der Waals surface area (Å²) < 4.78 is 44.5. The van der Waals surface area contributed by atoms with Gasteiger partial charge in [-0.15, -0.1) is 0 Å². The van der Waals surface area contributed by atoms with Gasteiger partial charge in [-0.3, -0.25) is 0 Å². The van der Waals surface area contributed by atoms with Crippen LogP contribution in [0.2, 0.25) is 0 Å². The maximum absolute atomic E-state index is 14.4. The van der Waals surface area contributed by atoms with Crippen molar-refractivity contribution in [1.29, 1.82) is 0 Å². The van der Waals surface area contributed by atoms with E-state index in [0.29, 0.717) is 30.4 Å². The monoisotopic (exact) mass is 530 g/mol. The first-order chi connectivity index (χ1) is 18.4. The Labute approximate surface area is 224 Å². The lowest BCUT2D eigenvalue weighted by atomic mass is 9.83. The smallest absolute Gasteiger partial charge is 0.346 e. The number of unbranched alkanes of at least 4 members (excludes halogenated alkanes) is 2. The largest absolute Gasteiger partial charge is 0.493 e. The molecule has 208 valence electrons. The Kier molecular flexibility index (Phi) is 12.0. The number of esters is 2. The fourth-order valence-electron chi connectivity index (χ4n) is 4.62. The van der Waals surface area contributed by atoms with Crippen LogP contribution < -0.4 is 9.47 Å². The zero-order valence-corrected chi connectivity index (χ0v) is 22.6. The molecule has 0 unspecified atom stereocenters. The van der Waals surface area contributed by atoms with Gasteiger partial charge in [-0.2, -0.15) is 0 Å². The molecule has 0 bridgehead atoms. The van der Waals surface area contributed by atoms with E-state index in [0.717, 1.165) is 63.4 Å². The van der Waals surface area contributed by atoms with Gasteiger partial charge in [0.2, 0.25) is 0 Å². The lowest BCUT2D eigenvalue weighted by molar-refractivity contribution is -0.157. The van der Waals surface area contributed by atoms with E-state index in [2.05, 4.69) is 0 Å². The average Bonchev–Trinajstić information content (AvgIpc) is 2.92. The van der Waals surface area contributed by atoms with Gasteiger partial charge in [0.05, 0.1) is 12.2 Å². The van der Waals surface area contributed by atoms with E-state index < -0.39 is 23.9 Å². The van der Waals surface area contributed by atoms with E-state index in [9.17, 15) is 18.4 Å². The van der Waals surface area contributed by atoms with Crippen molar-refractivity contribution >= 4 is 11.9 Å². The van der Waals surface area contributed by atoms with E-state index in [-0.39, 0.29) is 18.1 Å².